The van der Waals surface area contributed by atoms with E-state index in [1.165, 1.54) is 19.9 Å². The zero-order valence-electron chi connectivity index (χ0n) is 11.9. The molecule has 1 rings (SSSR count). The molecule has 0 radical (unpaired) electrons. The molecule has 0 spiro atoms. The van der Waals surface area contributed by atoms with E-state index in [1.54, 1.807) is 0 Å². The predicted molar refractivity (Wildman–Crippen MR) is 79.6 cm³/mol. The van der Waals surface area contributed by atoms with Crippen LogP contribution in [0.25, 0.3) is 0 Å². The van der Waals surface area contributed by atoms with Gasteiger partial charge in [-0.2, -0.15) is 10.2 Å². The number of hydrazone groups is 2. The summed E-state index contributed by atoms with van der Waals surface area (Å²) in [5.41, 5.74) is 14.8. The molecule has 0 aromatic heterocycles. The van der Waals surface area contributed by atoms with E-state index in [2.05, 4.69) is 10.2 Å². The van der Waals surface area contributed by atoms with E-state index in [4.69, 9.17) is 11.5 Å². The molecule has 4 amide bonds. The Bertz CT molecular complexity index is 615. The van der Waals surface area contributed by atoms with Gasteiger partial charge in [0.15, 0.2) is 0 Å². The lowest BCUT2D eigenvalue weighted by Gasteiger charge is -2.10. The Morgan fingerprint density at radius 2 is 1.27 bits per heavy atom. The minimum Gasteiger partial charge on any atom is -0.507 e. The van der Waals surface area contributed by atoms with E-state index < -0.39 is 12.1 Å². The first kappa shape index (κ1) is 16.8. The van der Waals surface area contributed by atoms with Crippen molar-refractivity contribution < 1.29 is 19.8 Å². The summed E-state index contributed by atoms with van der Waals surface area (Å²) in [6.45, 7) is 3.03. The number of benzene rings is 1. The molecule has 0 aliphatic carbocycles. The standard InChI is InChI=1S/C12H16N6O4/c1-5(15-17-11(13)21)7-3-8(10(20)4-9(7)19)6(2)16-18-12(14)22/h3-4,19-20H,1-2H3,(H3,13,17,21)(H3,14,18,22)/b15-5+,16-6+. The summed E-state index contributed by atoms with van der Waals surface area (Å²) in [4.78, 5) is 21.3. The first-order chi connectivity index (χ1) is 10.2. The van der Waals surface area contributed by atoms with Crippen LogP contribution >= 0.6 is 0 Å². The van der Waals surface area contributed by atoms with Crippen LogP contribution in [0.4, 0.5) is 9.59 Å². The first-order valence-corrected chi connectivity index (χ1v) is 5.98. The second kappa shape index (κ2) is 6.92. The number of hydrogen-bond donors (Lipinski definition) is 6. The van der Waals surface area contributed by atoms with Crippen molar-refractivity contribution in [1.29, 1.82) is 0 Å². The lowest BCUT2D eigenvalue weighted by molar-refractivity contribution is 0.248. The van der Waals surface area contributed by atoms with Gasteiger partial charge in [0.05, 0.1) is 11.4 Å². The maximum Gasteiger partial charge on any atom is 0.332 e. The van der Waals surface area contributed by atoms with Crippen molar-refractivity contribution in [3.63, 3.8) is 0 Å². The number of phenolic OH excluding ortho intramolecular Hbond substituents is 2. The minimum absolute atomic E-state index is 0.232. The maximum absolute atomic E-state index is 10.6. The van der Waals surface area contributed by atoms with Crippen LogP contribution < -0.4 is 22.3 Å². The SMILES string of the molecule is C/C(=N\NC(N)=O)c1cc(/C(C)=N/NC(N)=O)c(O)cc1O. The van der Waals surface area contributed by atoms with Crippen molar-refractivity contribution in [3.05, 3.63) is 23.3 Å². The molecular formula is C12H16N6O4. The number of amides is 4. The number of nitrogens with two attached hydrogens (primary N) is 2. The third-order valence-corrected chi connectivity index (χ3v) is 2.56. The number of nitrogens with zero attached hydrogens (tertiary/aromatic N) is 2. The molecule has 22 heavy (non-hydrogen) atoms. The van der Waals surface area contributed by atoms with Crippen LogP contribution in [0.3, 0.4) is 0 Å². The van der Waals surface area contributed by atoms with E-state index in [-0.39, 0.29) is 34.0 Å². The Morgan fingerprint density at radius 3 is 1.59 bits per heavy atom. The Morgan fingerprint density at radius 1 is 0.909 bits per heavy atom. The highest BCUT2D eigenvalue weighted by molar-refractivity contribution is 6.07. The molecule has 10 heteroatoms. The Hall–Kier alpha value is -3.30. The average Bonchev–Trinajstić information content (AvgIpc) is 2.42. The van der Waals surface area contributed by atoms with Crippen LogP contribution in [0.15, 0.2) is 22.3 Å². The normalized spacial score (nSPS) is 11.9. The zero-order valence-corrected chi connectivity index (χ0v) is 11.9. The highest BCUT2D eigenvalue weighted by Gasteiger charge is 2.13. The summed E-state index contributed by atoms with van der Waals surface area (Å²) in [6.07, 6.45) is 0. The summed E-state index contributed by atoms with van der Waals surface area (Å²) < 4.78 is 0. The van der Waals surface area contributed by atoms with Gasteiger partial charge in [0, 0.05) is 17.2 Å². The highest BCUT2D eigenvalue weighted by Crippen LogP contribution is 2.28. The summed E-state index contributed by atoms with van der Waals surface area (Å²) in [5.74, 6) is -0.520. The molecule has 8 N–H and O–H groups in total. The van der Waals surface area contributed by atoms with Crippen molar-refractivity contribution in [2.24, 2.45) is 21.7 Å². The number of carbonyl (C=O) groups is 2. The average molecular weight is 308 g/mol. The fourth-order valence-electron chi connectivity index (χ4n) is 1.56. The largest absolute Gasteiger partial charge is 0.507 e. The van der Waals surface area contributed by atoms with Gasteiger partial charge in [-0.25, -0.2) is 20.4 Å². The number of primary amides is 2. The second-order valence-corrected chi connectivity index (χ2v) is 4.23. The molecule has 0 heterocycles. The van der Waals surface area contributed by atoms with E-state index in [1.807, 2.05) is 10.9 Å². The Balaban J connectivity index is 3.24. The highest BCUT2D eigenvalue weighted by atomic mass is 16.3. The number of nitrogens with one attached hydrogen (secondary N) is 2. The smallest absolute Gasteiger partial charge is 0.332 e. The Kier molecular flexibility index (Phi) is 5.27. The van der Waals surface area contributed by atoms with Gasteiger partial charge in [-0.1, -0.05) is 0 Å². The van der Waals surface area contributed by atoms with Crippen molar-refractivity contribution in [1.82, 2.24) is 10.9 Å². The van der Waals surface area contributed by atoms with Crippen LogP contribution in [-0.4, -0.2) is 33.7 Å². The summed E-state index contributed by atoms with van der Waals surface area (Å²) >= 11 is 0. The third kappa shape index (κ3) is 4.37. The first-order valence-electron chi connectivity index (χ1n) is 5.98. The quantitative estimate of drug-likeness (QED) is 0.336. The fraction of sp³-hybridized carbons (Fsp3) is 0.167. The number of hydrogen-bond acceptors (Lipinski definition) is 6. The van der Waals surface area contributed by atoms with Crippen LogP contribution in [0.5, 0.6) is 11.5 Å². The molecule has 0 unspecified atom stereocenters. The number of carbonyl (C=O) groups excluding carboxylic acids is 2. The van der Waals surface area contributed by atoms with Gasteiger partial charge in [0.2, 0.25) is 0 Å². The lowest BCUT2D eigenvalue weighted by atomic mass is 10.0. The molecule has 0 atom stereocenters. The minimum atomic E-state index is -0.860. The van der Waals surface area contributed by atoms with Gasteiger partial charge in [-0.05, 0) is 19.9 Å². The predicted octanol–water partition coefficient (Wildman–Crippen LogP) is -0.118. The molecule has 0 aliphatic heterocycles. The fourth-order valence-corrected chi connectivity index (χ4v) is 1.56. The van der Waals surface area contributed by atoms with Crippen molar-refractivity contribution >= 4 is 23.5 Å². The van der Waals surface area contributed by atoms with Crippen molar-refractivity contribution in [3.8, 4) is 11.5 Å². The lowest BCUT2D eigenvalue weighted by Crippen LogP contribution is -2.26. The summed E-state index contributed by atoms with van der Waals surface area (Å²) in [6, 6.07) is 0.743. The molecule has 0 aliphatic rings. The number of phenols is 2. The molecule has 0 saturated carbocycles. The molecule has 0 bridgehead atoms. The molecule has 0 fully saturated rings. The van der Waals surface area contributed by atoms with Gasteiger partial charge in [-0.3, -0.25) is 0 Å². The Labute approximate surface area is 125 Å². The van der Waals surface area contributed by atoms with Gasteiger partial charge in [-0.15, -0.1) is 0 Å². The van der Waals surface area contributed by atoms with Gasteiger partial charge in [0.25, 0.3) is 0 Å². The molecule has 118 valence electrons. The number of aromatic hydroxyl groups is 2. The zero-order chi connectivity index (χ0) is 16.9. The van der Waals surface area contributed by atoms with Crippen molar-refractivity contribution in [2.45, 2.75) is 13.8 Å². The second-order valence-electron chi connectivity index (χ2n) is 4.23. The summed E-state index contributed by atoms with van der Waals surface area (Å²) in [7, 11) is 0. The van der Waals surface area contributed by atoms with E-state index in [9.17, 15) is 19.8 Å². The summed E-state index contributed by atoms with van der Waals surface area (Å²) in [5, 5.41) is 27.0. The number of urea groups is 2. The number of rotatable bonds is 4. The van der Waals surface area contributed by atoms with Gasteiger partial charge in [0.1, 0.15) is 11.5 Å². The van der Waals surface area contributed by atoms with Gasteiger partial charge < -0.3 is 21.7 Å². The molecule has 10 nitrogen and oxygen atoms in total. The monoisotopic (exact) mass is 308 g/mol. The van der Waals surface area contributed by atoms with Crippen LogP contribution in [0, 0.1) is 0 Å². The molecule has 1 aromatic rings. The van der Waals surface area contributed by atoms with E-state index in [0.717, 1.165) is 6.07 Å². The van der Waals surface area contributed by atoms with Crippen LogP contribution in [0.1, 0.15) is 25.0 Å². The van der Waals surface area contributed by atoms with E-state index in [0.29, 0.717) is 0 Å². The maximum atomic E-state index is 10.6. The van der Waals surface area contributed by atoms with Crippen LogP contribution in [0.2, 0.25) is 0 Å². The molecular weight excluding hydrogens is 292 g/mol. The van der Waals surface area contributed by atoms with Crippen molar-refractivity contribution in [2.75, 3.05) is 0 Å². The topological polar surface area (TPSA) is 175 Å². The third-order valence-electron chi connectivity index (χ3n) is 2.56. The molecule has 0 saturated heterocycles. The van der Waals surface area contributed by atoms with E-state index >= 15 is 0 Å². The van der Waals surface area contributed by atoms with Crippen LogP contribution in [-0.2, 0) is 0 Å². The van der Waals surface area contributed by atoms with Gasteiger partial charge >= 0.3 is 12.1 Å². The molecule has 1 aromatic carbocycles.